The van der Waals surface area contributed by atoms with Crippen LogP contribution in [0.3, 0.4) is 0 Å². The summed E-state index contributed by atoms with van der Waals surface area (Å²) in [6.45, 7) is 4.27. The highest BCUT2D eigenvalue weighted by Crippen LogP contribution is 2.43. The van der Waals surface area contributed by atoms with Crippen molar-refractivity contribution in [3.63, 3.8) is 0 Å². The maximum Gasteiger partial charge on any atom is 0.472 e. The summed E-state index contributed by atoms with van der Waals surface area (Å²) in [6.07, 6.45) is 74.2. The Kier molecular flexibility index (Phi) is 55.5. The molecule has 0 aliphatic rings. The third-order valence-electron chi connectivity index (χ3n) is 12.1. The largest absolute Gasteiger partial charge is 0.472 e. The first-order chi connectivity index (χ1) is 38.2. The van der Waals surface area contributed by atoms with Crippen LogP contribution in [0, 0.1) is 0 Å². The summed E-state index contributed by atoms with van der Waals surface area (Å²) < 4.78 is 39.5. The van der Waals surface area contributed by atoms with E-state index in [0.717, 1.165) is 135 Å². The number of unbranched alkanes of at least 4 members (excludes halogenated alkanes) is 15. The van der Waals surface area contributed by atoms with E-state index in [1.807, 2.05) is 12.2 Å². The van der Waals surface area contributed by atoms with Gasteiger partial charge in [0.2, 0.25) is 0 Å². The molecule has 0 aromatic heterocycles. The zero-order valence-electron chi connectivity index (χ0n) is 48.8. The monoisotopic (exact) mass is 1110 g/mol. The average molecular weight is 1110 g/mol. The second kappa shape index (κ2) is 58.8. The molecule has 0 aromatic carbocycles. The summed E-state index contributed by atoms with van der Waals surface area (Å²) in [7, 11) is -4.79. The number of allylic oxidation sites excluding steroid dienone is 22. The average Bonchev–Trinajstić information content (AvgIpc) is 3.43. The van der Waals surface area contributed by atoms with Crippen LogP contribution in [0.1, 0.15) is 226 Å². The predicted octanol–water partition coefficient (Wildman–Crippen LogP) is 18.1. The molecule has 0 saturated carbocycles. The van der Waals surface area contributed by atoms with E-state index < -0.39 is 57.8 Å². The van der Waals surface area contributed by atoms with Gasteiger partial charge in [-0.05, 0) is 122 Å². The summed E-state index contributed by atoms with van der Waals surface area (Å²) in [5.41, 5.74) is 0. The lowest BCUT2D eigenvalue weighted by Crippen LogP contribution is -2.30. The highest BCUT2D eigenvalue weighted by atomic mass is 31.2. The smallest absolute Gasteiger partial charge is 0.462 e. The first-order valence-corrected chi connectivity index (χ1v) is 31.6. The SMILES string of the molecule is CC/C=C\C/C=C\C/C=C\C/C=C\C/C=C\C/C=C\CCC(=O)OC(COC(=O)CCCCCCC/C=C\C/C=C\CCCCC)COP(=O)(O)OCC(CO)OC(=O)CCCCCCCCC/C=C\C/C=C\C/C=C\CC. The highest BCUT2D eigenvalue weighted by Gasteiger charge is 2.28. The van der Waals surface area contributed by atoms with Crippen molar-refractivity contribution in [1.82, 2.24) is 0 Å². The van der Waals surface area contributed by atoms with Crippen molar-refractivity contribution in [2.75, 3.05) is 26.4 Å². The summed E-state index contributed by atoms with van der Waals surface area (Å²) in [4.78, 5) is 48.6. The van der Waals surface area contributed by atoms with Gasteiger partial charge in [-0.1, -0.05) is 219 Å². The van der Waals surface area contributed by atoms with E-state index in [1.54, 1.807) is 0 Å². The van der Waals surface area contributed by atoms with Gasteiger partial charge in [-0.15, -0.1) is 0 Å². The Morgan fingerprint density at radius 1 is 0.372 bits per heavy atom. The Morgan fingerprint density at radius 2 is 0.692 bits per heavy atom. The van der Waals surface area contributed by atoms with E-state index >= 15 is 0 Å². The van der Waals surface area contributed by atoms with Gasteiger partial charge in [-0.25, -0.2) is 4.57 Å². The number of phosphoric ester groups is 1. The van der Waals surface area contributed by atoms with E-state index in [4.69, 9.17) is 23.3 Å². The van der Waals surface area contributed by atoms with Crippen LogP contribution in [0.5, 0.6) is 0 Å². The minimum atomic E-state index is -4.79. The Hall–Kier alpha value is -4.38. The Morgan fingerprint density at radius 3 is 1.10 bits per heavy atom. The standard InChI is InChI=1S/C66H107O11P/c1-4-7-10-13-16-19-22-25-28-30-31-33-36-39-42-45-48-51-54-57-66(70)77-63(59-73-64(68)55-52-49-46-43-40-37-34-27-24-21-18-15-12-9-6-3)61-75-78(71,72)74-60-62(58-67)76-65(69)56-53-50-47-44-41-38-35-32-29-26-23-20-17-14-11-8-5-2/h7-8,10-11,16-21,25-29,31,33-34,39,42,48,51,62-63,67H,4-6,9,12-15,22-24,30,32,35-38,40-41,43-47,49-50,52-61H2,1-3H3,(H,71,72)/b10-7-,11-8-,19-16-,20-17-,21-18-,28-25-,29-26-,33-31-,34-27-,42-39-,51-48-. The summed E-state index contributed by atoms with van der Waals surface area (Å²) in [5, 5.41) is 9.84. The van der Waals surface area contributed by atoms with Gasteiger partial charge in [0.15, 0.2) is 6.10 Å². The molecule has 0 spiro atoms. The predicted molar refractivity (Wildman–Crippen MR) is 325 cm³/mol. The van der Waals surface area contributed by atoms with Crippen molar-refractivity contribution in [3.05, 3.63) is 134 Å². The fourth-order valence-electron chi connectivity index (χ4n) is 7.54. The lowest BCUT2D eigenvalue weighted by Gasteiger charge is -2.21. The summed E-state index contributed by atoms with van der Waals surface area (Å²) >= 11 is 0. The second-order valence-electron chi connectivity index (χ2n) is 19.4. The summed E-state index contributed by atoms with van der Waals surface area (Å²) in [6, 6.07) is 0. The van der Waals surface area contributed by atoms with Crippen LogP contribution in [0.4, 0.5) is 0 Å². The number of hydrogen-bond acceptors (Lipinski definition) is 10. The molecule has 0 fully saturated rings. The molecule has 0 amide bonds. The molecule has 0 aliphatic heterocycles. The van der Waals surface area contributed by atoms with E-state index in [9.17, 15) is 28.9 Å². The zero-order valence-corrected chi connectivity index (χ0v) is 49.7. The van der Waals surface area contributed by atoms with E-state index in [0.29, 0.717) is 25.7 Å². The molecule has 0 bridgehead atoms. The van der Waals surface area contributed by atoms with Crippen LogP contribution in [0.15, 0.2) is 134 Å². The number of carbonyl (C=O) groups excluding carboxylic acids is 3. The van der Waals surface area contributed by atoms with Crippen molar-refractivity contribution in [1.29, 1.82) is 0 Å². The third-order valence-corrected chi connectivity index (χ3v) is 13.0. The van der Waals surface area contributed by atoms with Crippen LogP contribution < -0.4 is 0 Å². The van der Waals surface area contributed by atoms with Gasteiger partial charge in [0, 0.05) is 19.3 Å². The topological polar surface area (TPSA) is 155 Å². The van der Waals surface area contributed by atoms with Crippen LogP contribution in [-0.2, 0) is 42.2 Å². The molecule has 12 heteroatoms. The molecule has 11 nitrogen and oxygen atoms in total. The van der Waals surface area contributed by atoms with Crippen LogP contribution in [0.2, 0.25) is 0 Å². The highest BCUT2D eigenvalue weighted by molar-refractivity contribution is 7.47. The first kappa shape index (κ1) is 73.6. The molecular weight excluding hydrogens is 1000 g/mol. The lowest BCUT2D eigenvalue weighted by molar-refractivity contribution is -0.161. The molecule has 3 atom stereocenters. The molecule has 0 heterocycles. The first-order valence-electron chi connectivity index (χ1n) is 30.1. The van der Waals surface area contributed by atoms with Gasteiger partial charge in [0.25, 0.3) is 0 Å². The van der Waals surface area contributed by atoms with Crippen molar-refractivity contribution >= 4 is 25.7 Å². The maximum atomic E-state index is 12.9. The molecule has 2 N–H and O–H groups in total. The normalized spacial score (nSPS) is 14.3. The quantitative estimate of drug-likeness (QED) is 0.0197. The number of carbonyl (C=O) groups is 3. The fraction of sp³-hybridized carbons (Fsp3) is 0.621. The number of aliphatic hydroxyl groups excluding tert-OH is 1. The molecule has 0 saturated heterocycles. The van der Waals surface area contributed by atoms with Gasteiger partial charge in [0.05, 0.1) is 19.8 Å². The van der Waals surface area contributed by atoms with Gasteiger partial charge in [-0.3, -0.25) is 23.4 Å². The second-order valence-corrected chi connectivity index (χ2v) is 20.8. The van der Waals surface area contributed by atoms with Gasteiger partial charge < -0.3 is 24.2 Å². The zero-order chi connectivity index (χ0) is 56.9. The number of ether oxygens (including phenoxy) is 3. The van der Waals surface area contributed by atoms with Crippen LogP contribution >= 0.6 is 7.82 Å². The van der Waals surface area contributed by atoms with Crippen molar-refractivity contribution in [2.24, 2.45) is 0 Å². The molecule has 3 unspecified atom stereocenters. The van der Waals surface area contributed by atoms with Crippen LogP contribution in [0.25, 0.3) is 0 Å². The Labute approximate surface area is 474 Å². The minimum absolute atomic E-state index is 0.0318. The third kappa shape index (κ3) is 56.3. The number of rotatable bonds is 54. The van der Waals surface area contributed by atoms with Crippen LogP contribution in [-0.4, -0.2) is 66.5 Å². The number of phosphoric acid groups is 1. The van der Waals surface area contributed by atoms with Gasteiger partial charge >= 0.3 is 25.7 Å². The molecule has 0 rings (SSSR count). The maximum absolute atomic E-state index is 12.9. The minimum Gasteiger partial charge on any atom is -0.462 e. The molecule has 0 radical (unpaired) electrons. The van der Waals surface area contributed by atoms with E-state index in [2.05, 4.69) is 142 Å². The Balaban J connectivity index is 4.86. The van der Waals surface area contributed by atoms with E-state index in [-0.39, 0.29) is 25.9 Å². The summed E-state index contributed by atoms with van der Waals surface area (Å²) in [5.74, 6) is -1.61. The van der Waals surface area contributed by atoms with E-state index in [1.165, 1.54) is 25.7 Å². The number of esters is 3. The molecule has 442 valence electrons. The van der Waals surface area contributed by atoms with Crippen molar-refractivity contribution < 1.29 is 52.2 Å². The van der Waals surface area contributed by atoms with Crippen molar-refractivity contribution in [2.45, 2.75) is 238 Å². The molecule has 0 aliphatic carbocycles. The lowest BCUT2D eigenvalue weighted by atomic mass is 10.1. The fourth-order valence-corrected chi connectivity index (χ4v) is 8.33. The Bertz CT molecular complexity index is 1820. The molecular formula is C66H107O11P. The molecule has 78 heavy (non-hydrogen) atoms. The molecule has 0 aromatic rings. The van der Waals surface area contributed by atoms with Crippen molar-refractivity contribution in [3.8, 4) is 0 Å². The number of hydrogen-bond donors (Lipinski definition) is 2. The van der Waals surface area contributed by atoms with Gasteiger partial charge in [-0.2, -0.15) is 0 Å². The number of aliphatic hydroxyl groups is 1. The van der Waals surface area contributed by atoms with Gasteiger partial charge in [0.1, 0.15) is 12.7 Å².